The monoisotopic (exact) mass is 399 g/mol. The second kappa shape index (κ2) is 8.21. The van der Waals surface area contributed by atoms with E-state index in [1.54, 1.807) is 56.4 Å². The molecule has 0 bridgehead atoms. The van der Waals surface area contributed by atoms with Gasteiger partial charge < -0.3 is 4.90 Å². The van der Waals surface area contributed by atoms with Gasteiger partial charge in [0.15, 0.2) is 9.84 Å². The summed E-state index contributed by atoms with van der Waals surface area (Å²) in [6.07, 6.45) is 0. The van der Waals surface area contributed by atoms with Crippen LogP contribution in [0, 0.1) is 0 Å². The van der Waals surface area contributed by atoms with Gasteiger partial charge in [-0.15, -0.1) is 0 Å². The second-order valence-electron chi connectivity index (χ2n) is 5.86. The SMILES string of the molecule is CC(c1ccccc1)S(=O)(=O)CC(=O)N(C)Cc1ccc(Cl)c(Cl)c1. The van der Waals surface area contributed by atoms with Crippen LogP contribution in [0.1, 0.15) is 23.3 Å². The van der Waals surface area contributed by atoms with E-state index in [2.05, 4.69) is 0 Å². The molecule has 0 aromatic heterocycles. The van der Waals surface area contributed by atoms with Crippen molar-refractivity contribution in [2.45, 2.75) is 18.7 Å². The highest BCUT2D eigenvalue weighted by atomic mass is 35.5. The highest BCUT2D eigenvalue weighted by Gasteiger charge is 2.27. The van der Waals surface area contributed by atoms with Crippen molar-refractivity contribution >= 4 is 38.9 Å². The van der Waals surface area contributed by atoms with Gasteiger partial charge in [0.1, 0.15) is 5.75 Å². The largest absolute Gasteiger partial charge is 0.341 e. The lowest BCUT2D eigenvalue weighted by atomic mass is 10.2. The van der Waals surface area contributed by atoms with Crippen LogP contribution in [0.3, 0.4) is 0 Å². The average Bonchev–Trinajstić information content (AvgIpc) is 2.57. The van der Waals surface area contributed by atoms with E-state index in [0.717, 1.165) is 5.56 Å². The van der Waals surface area contributed by atoms with Crippen molar-refractivity contribution in [3.8, 4) is 0 Å². The molecule has 2 aromatic rings. The van der Waals surface area contributed by atoms with Crippen molar-refractivity contribution in [3.63, 3.8) is 0 Å². The fourth-order valence-electron chi connectivity index (χ4n) is 2.34. The van der Waals surface area contributed by atoms with Crippen molar-refractivity contribution < 1.29 is 13.2 Å². The summed E-state index contributed by atoms with van der Waals surface area (Å²) in [6, 6.07) is 13.9. The highest BCUT2D eigenvalue weighted by molar-refractivity contribution is 7.92. The molecule has 2 aromatic carbocycles. The Labute approximate surface area is 158 Å². The number of halogens is 2. The minimum atomic E-state index is -3.60. The molecule has 0 saturated carbocycles. The molecule has 0 saturated heterocycles. The molecule has 0 aliphatic carbocycles. The fraction of sp³-hybridized carbons (Fsp3) is 0.278. The van der Waals surface area contributed by atoms with E-state index in [0.29, 0.717) is 15.6 Å². The van der Waals surface area contributed by atoms with Crippen molar-refractivity contribution in [2.24, 2.45) is 0 Å². The first-order valence-electron chi connectivity index (χ1n) is 7.65. The minimum absolute atomic E-state index is 0.255. The van der Waals surface area contributed by atoms with E-state index in [1.165, 1.54) is 4.90 Å². The Hall–Kier alpha value is -1.56. The number of hydrogen-bond donors (Lipinski definition) is 0. The first-order valence-corrected chi connectivity index (χ1v) is 10.1. The lowest BCUT2D eigenvalue weighted by Gasteiger charge is -2.19. The quantitative estimate of drug-likeness (QED) is 0.733. The van der Waals surface area contributed by atoms with Crippen LogP contribution in [-0.4, -0.2) is 32.0 Å². The second-order valence-corrected chi connectivity index (χ2v) is 8.99. The third kappa shape index (κ3) is 5.21. The molecule has 4 nitrogen and oxygen atoms in total. The highest BCUT2D eigenvalue weighted by Crippen LogP contribution is 2.24. The Morgan fingerprint density at radius 2 is 1.72 bits per heavy atom. The van der Waals surface area contributed by atoms with Gasteiger partial charge in [0.2, 0.25) is 5.91 Å². The van der Waals surface area contributed by atoms with Gasteiger partial charge in [-0.05, 0) is 30.2 Å². The summed E-state index contributed by atoms with van der Waals surface area (Å²) in [6.45, 7) is 1.85. The lowest BCUT2D eigenvalue weighted by Crippen LogP contribution is -2.33. The van der Waals surface area contributed by atoms with Gasteiger partial charge in [-0.1, -0.05) is 59.6 Å². The van der Waals surface area contributed by atoms with Crippen LogP contribution in [-0.2, 0) is 21.2 Å². The van der Waals surface area contributed by atoms with Gasteiger partial charge in [-0.25, -0.2) is 8.42 Å². The van der Waals surface area contributed by atoms with Crippen LogP contribution in [0.15, 0.2) is 48.5 Å². The van der Waals surface area contributed by atoms with Crippen molar-refractivity contribution in [2.75, 3.05) is 12.8 Å². The van der Waals surface area contributed by atoms with Gasteiger partial charge >= 0.3 is 0 Å². The molecule has 25 heavy (non-hydrogen) atoms. The Balaban J connectivity index is 2.05. The molecule has 1 amide bonds. The molecule has 0 fully saturated rings. The molecule has 0 heterocycles. The Morgan fingerprint density at radius 1 is 1.08 bits per heavy atom. The van der Waals surface area contributed by atoms with Crippen LogP contribution in [0.2, 0.25) is 10.0 Å². The maximum absolute atomic E-state index is 12.5. The van der Waals surface area contributed by atoms with E-state index in [1.807, 2.05) is 6.07 Å². The number of amides is 1. The number of sulfone groups is 1. The summed E-state index contributed by atoms with van der Waals surface area (Å²) >= 11 is 11.8. The maximum atomic E-state index is 12.5. The van der Waals surface area contributed by atoms with Crippen molar-refractivity contribution in [1.29, 1.82) is 0 Å². The number of benzene rings is 2. The predicted molar refractivity (Wildman–Crippen MR) is 102 cm³/mol. The predicted octanol–water partition coefficient (Wildman–Crippen LogP) is 4.13. The topological polar surface area (TPSA) is 54.5 Å². The van der Waals surface area contributed by atoms with Gasteiger partial charge in [0.05, 0.1) is 15.3 Å². The van der Waals surface area contributed by atoms with Gasteiger partial charge in [0, 0.05) is 13.6 Å². The molecule has 7 heteroatoms. The Bertz CT molecular complexity index is 854. The number of hydrogen-bond acceptors (Lipinski definition) is 3. The Morgan fingerprint density at radius 3 is 2.32 bits per heavy atom. The third-order valence-electron chi connectivity index (χ3n) is 3.96. The van der Waals surface area contributed by atoms with Gasteiger partial charge in [-0.3, -0.25) is 4.79 Å². The standard InChI is InChI=1S/C18H19Cl2NO3S/c1-13(15-6-4-3-5-7-15)25(23,24)12-18(22)21(2)11-14-8-9-16(19)17(20)10-14/h3-10,13H,11-12H2,1-2H3. The summed E-state index contributed by atoms with van der Waals surface area (Å²) in [4.78, 5) is 13.7. The third-order valence-corrected chi connectivity index (χ3v) is 6.70. The molecule has 0 N–H and O–H groups in total. The van der Waals surface area contributed by atoms with E-state index in [-0.39, 0.29) is 6.54 Å². The first-order chi connectivity index (χ1) is 11.7. The Kier molecular flexibility index (Phi) is 6.49. The van der Waals surface area contributed by atoms with E-state index >= 15 is 0 Å². The summed E-state index contributed by atoms with van der Waals surface area (Å²) in [5.74, 6) is -1.00. The summed E-state index contributed by atoms with van der Waals surface area (Å²) in [5.41, 5.74) is 1.45. The van der Waals surface area contributed by atoms with Crippen molar-refractivity contribution in [1.82, 2.24) is 4.90 Å². The zero-order valence-corrected chi connectivity index (χ0v) is 16.3. The summed E-state index contributed by atoms with van der Waals surface area (Å²) in [5, 5.41) is 0.0834. The van der Waals surface area contributed by atoms with Crippen LogP contribution >= 0.6 is 23.2 Å². The van der Waals surface area contributed by atoms with Crippen molar-refractivity contribution in [3.05, 3.63) is 69.7 Å². The summed E-state index contributed by atoms with van der Waals surface area (Å²) < 4.78 is 25.0. The van der Waals surface area contributed by atoms with E-state index in [4.69, 9.17) is 23.2 Å². The molecular weight excluding hydrogens is 381 g/mol. The average molecular weight is 400 g/mol. The number of rotatable bonds is 6. The minimum Gasteiger partial charge on any atom is -0.341 e. The smallest absolute Gasteiger partial charge is 0.237 e. The maximum Gasteiger partial charge on any atom is 0.237 e. The van der Waals surface area contributed by atoms with Crippen LogP contribution in [0.4, 0.5) is 0 Å². The molecule has 1 unspecified atom stereocenters. The van der Waals surface area contributed by atoms with Gasteiger partial charge in [-0.2, -0.15) is 0 Å². The molecule has 0 radical (unpaired) electrons. The van der Waals surface area contributed by atoms with E-state index in [9.17, 15) is 13.2 Å². The first kappa shape index (κ1) is 19.8. The number of nitrogens with zero attached hydrogens (tertiary/aromatic N) is 1. The van der Waals surface area contributed by atoms with Crippen LogP contribution in [0.25, 0.3) is 0 Å². The number of carbonyl (C=O) groups excluding carboxylic acids is 1. The zero-order chi connectivity index (χ0) is 18.6. The lowest BCUT2D eigenvalue weighted by molar-refractivity contribution is -0.127. The molecular formula is C18H19Cl2NO3S. The molecule has 2 rings (SSSR count). The summed E-state index contributed by atoms with van der Waals surface area (Å²) in [7, 11) is -2.04. The van der Waals surface area contributed by atoms with Gasteiger partial charge in [0.25, 0.3) is 0 Å². The number of carbonyl (C=O) groups is 1. The normalized spacial score (nSPS) is 12.6. The molecule has 0 aliphatic heterocycles. The molecule has 0 spiro atoms. The molecule has 1 atom stereocenters. The zero-order valence-electron chi connectivity index (χ0n) is 13.9. The fourth-order valence-corrected chi connectivity index (χ4v) is 4.05. The molecule has 0 aliphatic rings. The van der Waals surface area contributed by atoms with E-state index < -0.39 is 26.7 Å². The molecule has 134 valence electrons. The van der Waals surface area contributed by atoms with Crippen LogP contribution < -0.4 is 0 Å². The van der Waals surface area contributed by atoms with Crippen LogP contribution in [0.5, 0.6) is 0 Å².